The number of hydrogen-bond acceptors (Lipinski definition) is 7. The molecule has 1 amide bonds. The summed E-state index contributed by atoms with van der Waals surface area (Å²) in [5, 5.41) is 7.61. The molecule has 1 saturated carbocycles. The van der Waals surface area contributed by atoms with E-state index in [1.54, 1.807) is 47.4 Å². The number of hydroxylamine groups is 1. The molecule has 3 aromatic rings. The van der Waals surface area contributed by atoms with Gasteiger partial charge in [0.05, 0.1) is 23.2 Å². The SMILES string of the molecule is O=C1NC(c2ccc(N3CCC(OCc4c(-c5c(Cl)cccc5Cl)noc4C4CC4)C(F)(F)C3)cc2)NO1. The van der Waals surface area contributed by atoms with Crippen LogP contribution in [-0.4, -0.2) is 36.4 Å². The highest BCUT2D eigenvalue weighted by molar-refractivity contribution is 6.39. The van der Waals surface area contributed by atoms with Crippen molar-refractivity contribution in [3.63, 3.8) is 0 Å². The number of nitrogens with one attached hydrogen (secondary N) is 2. The summed E-state index contributed by atoms with van der Waals surface area (Å²) in [5.74, 6) is -2.25. The fraction of sp³-hybridized carbons (Fsp3) is 0.385. The minimum atomic E-state index is -3.09. The molecule has 0 radical (unpaired) electrons. The summed E-state index contributed by atoms with van der Waals surface area (Å²) in [6.07, 6.45) is -0.304. The molecule has 2 atom stereocenters. The van der Waals surface area contributed by atoms with Crippen LogP contribution in [0.5, 0.6) is 0 Å². The highest BCUT2D eigenvalue weighted by Crippen LogP contribution is 2.46. The number of carbonyl (C=O) groups is 1. The number of amides is 1. The van der Waals surface area contributed by atoms with Crippen molar-refractivity contribution in [3.05, 3.63) is 69.4 Å². The van der Waals surface area contributed by atoms with E-state index in [0.29, 0.717) is 44.9 Å². The maximum atomic E-state index is 15.3. The predicted molar refractivity (Wildman–Crippen MR) is 136 cm³/mol. The molecule has 2 aromatic carbocycles. The summed E-state index contributed by atoms with van der Waals surface area (Å²) >= 11 is 12.8. The Morgan fingerprint density at radius 1 is 1.11 bits per heavy atom. The molecule has 3 heterocycles. The van der Waals surface area contributed by atoms with Crippen LogP contribution in [0.4, 0.5) is 19.3 Å². The zero-order chi connectivity index (χ0) is 26.4. The number of alkyl halides is 2. The van der Waals surface area contributed by atoms with Crippen LogP contribution in [0.25, 0.3) is 11.3 Å². The molecule has 2 N–H and O–H groups in total. The molecule has 3 aliphatic rings. The topological polar surface area (TPSA) is 88.9 Å². The summed E-state index contributed by atoms with van der Waals surface area (Å²) < 4.78 is 42.1. The first-order valence-electron chi connectivity index (χ1n) is 12.3. The van der Waals surface area contributed by atoms with Gasteiger partial charge in [0.25, 0.3) is 5.92 Å². The van der Waals surface area contributed by atoms with E-state index >= 15 is 8.78 Å². The zero-order valence-electron chi connectivity index (χ0n) is 20.1. The fourth-order valence-electron chi connectivity index (χ4n) is 4.90. The highest BCUT2D eigenvalue weighted by atomic mass is 35.5. The molecule has 200 valence electrons. The second kappa shape index (κ2) is 10.00. The smallest absolute Gasteiger partial charge is 0.367 e. The van der Waals surface area contributed by atoms with Crippen molar-refractivity contribution < 1.29 is 27.7 Å². The molecule has 2 saturated heterocycles. The molecule has 38 heavy (non-hydrogen) atoms. The van der Waals surface area contributed by atoms with Gasteiger partial charge in [0, 0.05) is 29.3 Å². The number of nitrogens with zero attached hydrogens (tertiary/aromatic N) is 2. The van der Waals surface area contributed by atoms with Crippen LogP contribution < -0.4 is 15.7 Å². The minimum Gasteiger partial charge on any atom is -0.367 e. The predicted octanol–water partition coefficient (Wildman–Crippen LogP) is 6.20. The van der Waals surface area contributed by atoms with Gasteiger partial charge < -0.3 is 19.0 Å². The van der Waals surface area contributed by atoms with Crippen molar-refractivity contribution in [2.75, 3.05) is 18.0 Å². The molecule has 6 rings (SSSR count). The van der Waals surface area contributed by atoms with Crippen molar-refractivity contribution >= 4 is 35.0 Å². The molecule has 12 heteroatoms. The van der Waals surface area contributed by atoms with E-state index < -0.39 is 30.8 Å². The lowest BCUT2D eigenvalue weighted by Gasteiger charge is -2.39. The lowest BCUT2D eigenvalue weighted by molar-refractivity contribution is -0.148. The zero-order valence-corrected chi connectivity index (χ0v) is 21.6. The van der Waals surface area contributed by atoms with E-state index in [1.807, 2.05) is 0 Å². The Hall–Kier alpha value is -2.92. The number of benzene rings is 2. The van der Waals surface area contributed by atoms with Gasteiger partial charge in [-0.15, -0.1) is 5.48 Å². The van der Waals surface area contributed by atoms with Gasteiger partial charge in [0.2, 0.25) is 0 Å². The quantitative estimate of drug-likeness (QED) is 0.353. The van der Waals surface area contributed by atoms with Gasteiger partial charge in [0.1, 0.15) is 23.7 Å². The first-order valence-corrected chi connectivity index (χ1v) is 13.1. The minimum absolute atomic E-state index is 0.0800. The van der Waals surface area contributed by atoms with E-state index in [1.165, 1.54) is 0 Å². The molecular weight excluding hydrogens is 541 g/mol. The third kappa shape index (κ3) is 4.93. The van der Waals surface area contributed by atoms with Gasteiger partial charge in [0.15, 0.2) is 0 Å². The Morgan fingerprint density at radius 2 is 1.84 bits per heavy atom. The van der Waals surface area contributed by atoms with E-state index in [4.69, 9.17) is 32.5 Å². The van der Waals surface area contributed by atoms with Crippen LogP contribution in [0.3, 0.4) is 0 Å². The summed E-state index contributed by atoms with van der Waals surface area (Å²) in [6, 6.07) is 12.1. The summed E-state index contributed by atoms with van der Waals surface area (Å²) in [7, 11) is 0. The van der Waals surface area contributed by atoms with Crippen LogP contribution in [0.1, 0.15) is 48.2 Å². The van der Waals surface area contributed by atoms with Crippen LogP contribution in [-0.2, 0) is 16.2 Å². The molecule has 1 aliphatic carbocycles. The maximum absolute atomic E-state index is 15.3. The number of hydrogen-bond donors (Lipinski definition) is 2. The third-order valence-corrected chi connectivity index (χ3v) is 7.68. The Bertz CT molecular complexity index is 1330. The maximum Gasteiger partial charge on any atom is 0.427 e. The number of halogens is 4. The van der Waals surface area contributed by atoms with E-state index in [2.05, 4.69) is 20.8 Å². The first kappa shape index (κ1) is 25.4. The van der Waals surface area contributed by atoms with Crippen LogP contribution in [0.2, 0.25) is 10.0 Å². The monoisotopic (exact) mass is 564 g/mol. The van der Waals surface area contributed by atoms with E-state index in [0.717, 1.165) is 18.4 Å². The van der Waals surface area contributed by atoms with Gasteiger partial charge in [-0.2, -0.15) is 0 Å². The standard InChI is InChI=1S/C26H24Cl2F2N4O4/c27-18-2-1-3-19(28)21(18)22-17(23(37-32-22)14-4-5-14)12-36-20-10-11-34(13-26(20,29)30)16-8-6-15(7-9-16)24-31-25(35)38-33-24/h1-3,6-9,14,20,24,33H,4-5,10-13H2,(H,31,35). The third-order valence-electron chi connectivity index (χ3n) is 7.05. The van der Waals surface area contributed by atoms with Crippen molar-refractivity contribution in [1.82, 2.24) is 16.0 Å². The average molecular weight is 565 g/mol. The largest absolute Gasteiger partial charge is 0.427 e. The van der Waals surface area contributed by atoms with Gasteiger partial charge >= 0.3 is 6.09 Å². The van der Waals surface area contributed by atoms with E-state index in [-0.39, 0.29) is 18.9 Å². The van der Waals surface area contributed by atoms with E-state index in [9.17, 15) is 4.79 Å². The van der Waals surface area contributed by atoms with Crippen LogP contribution in [0.15, 0.2) is 47.0 Å². The molecule has 2 unspecified atom stereocenters. The Morgan fingerprint density at radius 3 is 2.47 bits per heavy atom. The lowest BCUT2D eigenvalue weighted by atomic mass is 10.0. The van der Waals surface area contributed by atoms with Gasteiger partial charge in [-0.05, 0) is 49.1 Å². The molecule has 8 nitrogen and oxygen atoms in total. The average Bonchev–Trinajstić information content (AvgIpc) is 3.51. The molecule has 3 fully saturated rings. The van der Waals surface area contributed by atoms with Gasteiger partial charge in [-0.1, -0.05) is 46.6 Å². The van der Waals surface area contributed by atoms with Gasteiger partial charge in [-0.25, -0.2) is 13.6 Å². The number of aromatic nitrogens is 1. The van der Waals surface area contributed by atoms with Crippen molar-refractivity contribution in [3.8, 4) is 11.3 Å². The Labute approximate surface area is 227 Å². The molecular formula is C26H24Cl2F2N4O4. The number of carbonyl (C=O) groups excluding carboxylic acids is 1. The lowest BCUT2D eigenvalue weighted by Crippen LogP contribution is -2.52. The number of piperidine rings is 1. The molecule has 2 aliphatic heterocycles. The van der Waals surface area contributed by atoms with Crippen molar-refractivity contribution in [2.24, 2.45) is 0 Å². The second-order valence-electron chi connectivity index (χ2n) is 9.69. The summed E-state index contributed by atoms with van der Waals surface area (Å²) in [6.45, 7) is -0.173. The van der Waals surface area contributed by atoms with Crippen molar-refractivity contribution in [1.29, 1.82) is 0 Å². The second-order valence-corrected chi connectivity index (χ2v) is 10.5. The van der Waals surface area contributed by atoms with Crippen LogP contribution >= 0.6 is 23.2 Å². The first-order chi connectivity index (χ1) is 18.3. The number of rotatable bonds is 7. The molecule has 0 spiro atoms. The highest BCUT2D eigenvalue weighted by Gasteiger charge is 2.46. The molecule has 0 bridgehead atoms. The number of anilines is 1. The normalized spacial score (nSPS) is 22.8. The Balaban J connectivity index is 1.15. The fourth-order valence-corrected chi connectivity index (χ4v) is 5.47. The summed E-state index contributed by atoms with van der Waals surface area (Å²) in [5.41, 5.74) is 5.53. The molecule has 1 aromatic heterocycles. The summed E-state index contributed by atoms with van der Waals surface area (Å²) in [4.78, 5) is 17.5. The van der Waals surface area contributed by atoms with Crippen LogP contribution in [0, 0.1) is 0 Å². The number of ether oxygens (including phenoxy) is 1. The Kier molecular flexibility index (Phi) is 6.67. The van der Waals surface area contributed by atoms with Crippen molar-refractivity contribution in [2.45, 2.75) is 50.0 Å². The van der Waals surface area contributed by atoms with Gasteiger partial charge in [-0.3, -0.25) is 5.32 Å².